The first-order valence-electron chi connectivity index (χ1n) is 6.86. The van der Waals surface area contributed by atoms with Crippen LogP contribution in [0.5, 0.6) is 0 Å². The molecule has 0 amide bonds. The number of para-hydroxylation sites is 1. The number of aliphatic hydroxyl groups excluding tert-OH is 1. The molecule has 1 fully saturated rings. The van der Waals surface area contributed by atoms with Crippen LogP contribution >= 0.6 is 0 Å². The van der Waals surface area contributed by atoms with Crippen molar-refractivity contribution in [2.75, 3.05) is 11.9 Å². The number of benzene rings is 1. The average Bonchev–Trinajstić information content (AvgIpc) is 2.38. The molecular weight excluding hydrogens is 224 g/mol. The fourth-order valence-corrected chi connectivity index (χ4v) is 2.92. The highest BCUT2D eigenvalue weighted by molar-refractivity contribution is 5.55. The van der Waals surface area contributed by atoms with E-state index < -0.39 is 0 Å². The zero-order chi connectivity index (χ0) is 13.1. The zero-order valence-electron chi connectivity index (χ0n) is 11.3. The lowest BCUT2D eigenvalue weighted by molar-refractivity contribution is 0.106. The monoisotopic (exact) mass is 248 g/mol. The van der Waals surface area contributed by atoms with Gasteiger partial charge in [0.1, 0.15) is 0 Å². The van der Waals surface area contributed by atoms with Crippen molar-refractivity contribution in [3.63, 3.8) is 0 Å². The molecule has 18 heavy (non-hydrogen) atoms. The summed E-state index contributed by atoms with van der Waals surface area (Å²) in [5.74, 6) is 0. The molecule has 1 aromatic rings. The summed E-state index contributed by atoms with van der Waals surface area (Å²) in [7, 11) is 2.07. The second-order valence-corrected chi connectivity index (χ2v) is 5.38. The van der Waals surface area contributed by atoms with Gasteiger partial charge >= 0.3 is 0 Å². The highest BCUT2D eigenvalue weighted by Gasteiger charge is 2.27. The van der Waals surface area contributed by atoms with Gasteiger partial charge in [-0.05, 0) is 31.4 Å². The Morgan fingerprint density at radius 2 is 1.94 bits per heavy atom. The summed E-state index contributed by atoms with van der Waals surface area (Å²) in [4.78, 5) is 2.21. The third-order valence-electron chi connectivity index (χ3n) is 4.00. The Labute approximate surface area is 110 Å². The van der Waals surface area contributed by atoms with Gasteiger partial charge in [-0.2, -0.15) is 0 Å². The van der Waals surface area contributed by atoms with Crippen molar-refractivity contribution in [1.29, 1.82) is 0 Å². The van der Waals surface area contributed by atoms with Crippen LogP contribution in [0.2, 0.25) is 0 Å². The van der Waals surface area contributed by atoms with Crippen molar-refractivity contribution in [2.45, 2.75) is 50.8 Å². The minimum atomic E-state index is -0.218. The third kappa shape index (κ3) is 2.68. The molecule has 0 radical (unpaired) electrons. The summed E-state index contributed by atoms with van der Waals surface area (Å²) in [6.07, 6.45) is 4.09. The maximum atomic E-state index is 10.2. The van der Waals surface area contributed by atoms with Crippen molar-refractivity contribution in [2.24, 2.45) is 5.73 Å². The summed E-state index contributed by atoms with van der Waals surface area (Å²) in [6, 6.07) is 8.47. The SMILES string of the molecule is C[C@@H](N)c1ccccc1N(C)C1CCCCC1O. The van der Waals surface area contributed by atoms with Gasteiger partial charge < -0.3 is 15.7 Å². The van der Waals surface area contributed by atoms with Crippen LogP contribution in [0.25, 0.3) is 0 Å². The first-order chi connectivity index (χ1) is 8.61. The van der Waals surface area contributed by atoms with E-state index in [1.807, 2.05) is 19.1 Å². The Balaban J connectivity index is 2.24. The van der Waals surface area contributed by atoms with Crippen LogP contribution in [-0.4, -0.2) is 24.3 Å². The number of nitrogens with two attached hydrogens (primary N) is 1. The fourth-order valence-electron chi connectivity index (χ4n) is 2.92. The molecule has 0 aliphatic heterocycles. The molecule has 1 saturated carbocycles. The Morgan fingerprint density at radius 1 is 1.28 bits per heavy atom. The molecule has 100 valence electrons. The smallest absolute Gasteiger partial charge is 0.0743 e. The summed E-state index contributed by atoms with van der Waals surface area (Å²) in [6.45, 7) is 2.00. The lowest BCUT2D eigenvalue weighted by Gasteiger charge is -2.38. The predicted octanol–water partition coefficient (Wildman–Crippen LogP) is 2.45. The van der Waals surface area contributed by atoms with Crippen LogP contribution in [0, 0.1) is 0 Å². The first-order valence-corrected chi connectivity index (χ1v) is 6.86. The van der Waals surface area contributed by atoms with E-state index in [2.05, 4.69) is 24.1 Å². The Bertz CT molecular complexity index is 392. The van der Waals surface area contributed by atoms with Gasteiger partial charge in [-0.15, -0.1) is 0 Å². The zero-order valence-corrected chi connectivity index (χ0v) is 11.3. The van der Waals surface area contributed by atoms with Gasteiger partial charge in [0.25, 0.3) is 0 Å². The van der Waals surface area contributed by atoms with Crippen molar-refractivity contribution < 1.29 is 5.11 Å². The molecule has 3 N–H and O–H groups in total. The second-order valence-electron chi connectivity index (χ2n) is 5.38. The second kappa shape index (κ2) is 5.72. The summed E-state index contributed by atoms with van der Waals surface area (Å²) >= 11 is 0. The van der Waals surface area contributed by atoms with Gasteiger partial charge in [-0.3, -0.25) is 0 Å². The lowest BCUT2D eigenvalue weighted by Crippen LogP contribution is -2.44. The van der Waals surface area contributed by atoms with Gasteiger partial charge in [0.15, 0.2) is 0 Å². The largest absolute Gasteiger partial charge is 0.391 e. The molecule has 0 bridgehead atoms. The molecule has 3 atom stereocenters. The van der Waals surface area contributed by atoms with Crippen molar-refractivity contribution >= 4 is 5.69 Å². The molecule has 0 heterocycles. The van der Waals surface area contributed by atoms with Crippen molar-refractivity contribution in [1.82, 2.24) is 0 Å². The maximum Gasteiger partial charge on any atom is 0.0743 e. The Hall–Kier alpha value is -1.06. The number of aliphatic hydroxyl groups is 1. The molecule has 3 heteroatoms. The molecule has 0 aromatic heterocycles. The molecule has 1 aromatic carbocycles. The summed E-state index contributed by atoms with van der Waals surface area (Å²) in [5, 5.41) is 10.2. The predicted molar refractivity (Wildman–Crippen MR) is 75.7 cm³/mol. The molecule has 3 nitrogen and oxygen atoms in total. The van der Waals surface area contributed by atoms with Gasteiger partial charge in [-0.1, -0.05) is 31.0 Å². The number of hydrogen-bond donors (Lipinski definition) is 2. The molecule has 1 aliphatic rings. The van der Waals surface area contributed by atoms with E-state index in [1.165, 1.54) is 6.42 Å². The van der Waals surface area contributed by atoms with E-state index in [0.717, 1.165) is 30.5 Å². The first kappa shape index (κ1) is 13.4. The molecule has 1 aliphatic carbocycles. The van der Waals surface area contributed by atoms with E-state index in [1.54, 1.807) is 0 Å². The number of likely N-dealkylation sites (N-methyl/N-ethyl adjacent to an activating group) is 1. The molecule has 0 spiro atoms. The van der Waals surface area contributed by atoms with E-state index in [0.29, 0.717) is 0 Å². The Morgan fingerprint density at radius 3 is 2.61 bits per heavy atom. The minimum absolute atomic E-state index is 0.0179. The van der Waals surface area contributed by atoms with Crippen LogP contribution in [0.3, 0.4) is 0 Å². The highest BCUT2D eigenvalue weighted by Crippen LogP contribution is 2.30. The molecule has 2 rings (SSSR count). The third-order valence-corrected chi connectivity index (χ3v) is 4.00. The van der Waals surface area contributed by atoms with Crippen LogP contribution in [0.4, 0.5) is 5.69 Å². The van der Waals surface area contributed by atoms with Crippen LogP contribution in [0.15, 0.2) is 24.3 Å². The minimum Gasteiger partial charge on any atom is -0.391 e. The van der Waals surface area contributed by atoms with Gasteiger partial charge in [0.05, 0.1) is 12.1 Å². The van der Waals surface area contributed by atoms with Gasteiger partial charge in [0, 0.05) is 18.8 Å². The highest BCUT2D eigenvalue weighted by atomic mass is 16.3. The van der Waals surface area contributed by atoms with Gasteiger partial charge in [0.2, 0.25) is 0 Å². The number of nitrogens with zero attached hydrogens (tertiary/aromatic N) is 1. The van der Waals surface area contributed by atoms with Crippen molar-refractivity contribution in [3.05, 3.63) is 29.8 Å². The van der Waals surface area contributed by atoms with E-state index in [-0.39, 0.29) is 18.2 Å². The van der Waals surface area contributed by atoms with E-state index in [9.17, 15) is 5.11 Å². The topological polar surface area (TPSA) is 49.5 Å². The lowest BCUT2D eigenvalue weighted by atomic mass is 9.90. The Kier molecular flexibility index (Phi) is 4.25. The fraction of sp³-hybridized carbons (Fsp3) is 0.600. The van der Waals surface area contributed by atoms with E-state index >= 15 is 0 Å². The normalized spacial score (nSPS) is 25.8. The van der Waals surface area contributed by atoms with E-state index in [4.69, 9.17) is 5.73 Å². The molecule has 2 unspecified atom stereocenters. The number of hydrogen-bond acceptors (Lipinski definition) is 3. The standard InChI is InChI=1S/C15H24N2O/c1-11(16)12-7-3-4-8-13(12)17(2)14-9-5-6-10-15(14)18/h3-4,7-8,11,14-15,18H,5-6,9-10,16H2,1-2H3/t11-,14?,15?/m1/s1. The number of rotatable bonds is 3. The summed E-state index contributed by atoms with van der Waals surface area (Å²) < 4.78 is 0. The van der Waals surface area contributed by atoms with Crippen LogP contribution in [0.1, 0.15) is 44.2 Å². The molecule has 0 saturated heterocycles. The van der Waals surface area contributed by atoms with Crippen molar-refractivity contribution in [3.8, 4) is 0 Å². The maximum absolute atomic E-state index is 10.2. The average molecular weight is 248 g/mol. The van der Waals surface area contributed by atoms with Gasteiger partial charge in [-0.25, -0.2) is 0 Å². The molecular formula is C15H24N2O. The summed E-state index contributed by atoms with van der Waals surface area (Å²) in [5.41, 5.74) is 8.33. The quantitative estimate of drug-likeness (QED) is 0.864. The number of anilines is 1. The van der Waals surface area contributed by atoms with Crippen LogP contribution < -0.4 is 10.6 Å². The van der Waals surface area contributed by atoms with Crippen LogP contribution in [-0.2, 0) is 0 Å².